The molecule has 1 rings (SSSR count). The highest BCUT2D eigenvalue weighted by Crippen LogP contribution is 2.23. The molecule has 1 heterocycles. The summed E-state index contributed by atoms with van der Waals surface area (Å²) in [6, 6.07) is 0. The van der Waals surface area contributed by atoms with Crippen LogP contribution < -0.4 is 5.32 Å². The van der Waals surface area contributed by atoms with Gasteiger partial charge >= 0.3 is 0 Å². The van der Waals surface area contributed by atoms with Crippen molar-refractivity contribution in [3.63, 3.8) is 0 Å². The molecule has 3 heteroatoms. The average Bonchev–Trinajstić information content (AvgIpc) is 2.33. The van der Waals surface area contributed by atoms with Gasteiger partial charge in [0.15, 0.2) is 5.60 Å². The van der Waals surface area contributed by atoms with Crippen molar-refractivity contribution >= 4 is 5.71 Å². The first-order valence-corrected chi connectivity index (χ1v) is 4.09. The second kappa shape index (κ2) is 3.22. The van der Waals surface area contributed by atoms with Crippen molar-refractivity contribution in [2.45, 2.75) is 32.3 Å². The van der Waals surface area contributed by atoms with Crippen LogP contribution >= 0.6 is 0 Å². The molecule has 3 nitrogen and oxygen atoms in total. The minimum absolute atomic E-state index is 0.0971. The fraction of sp³-hybridized carbons (Fsp3) is 0.875. The zero-order chi connectivity index (χ0) is 8.32. The van der Waals surface area contributed by atoms with E-state index in [4.69, 9.17) is 4.84 Å². The molecule has 0 amide bonds. The van der Waals surface area contributed by atoms with Gasteiger partial charge in [-0.25, -0.2) is 0 Å². The Bertz CT molecular complexity index is 167. The summed E-state index contributed by atoms with van der Waals surface area (Å²) in [6.07, 6.45) is 1.96. The summed E-state index contributed by atoms with van der Waals surface area (Å²) in [5, 5.41) is 7.10. The minimum atomic E-state index is -0.0971. The molecule has 64 valence electrons. The summed E-state index contributed by atoms with van der Waals surface area (Å²) in [5.41, 5.74) is 1.07. The van der Waals surface area contributed by atoms with E-state index in [2.05, 4.69) is 24.3 Å². The summed E-state index contributed by atoms with van der Waals surface area (Å²) < 4.78 is 0. The molecular formula is C8H16N2O. The summed E-state index contributed by atoms with van der Waals surface area (Å²) in [7, 11) is 1.93. The second-order valence-corrected chi connectivity index (χ2v) is 3.26. The summed E-state index contributed by atoms with van der Waals surface area (Å²) in [6.45, 7) is 5.04. The molecular weight excluding hydrogens is 140 g/mol. The number of oxime groups is 1. The second-order valence-electron chi connectivity index (χ2n) is 3.26. The molecule has 0 saturated heterocycles. The fourth-order valence-corrected chi connectivity index (χ4v) is 1.33. The Morgan fingerprint density at radius 3 is 2.91 bits per heavy atom. The number of nitrogens with one attached hydrogen (secondary N) is 1. The van der Waals surface area contributed by atoms with E-state index in [1.54, 1.807) is 0 Å². The van der Waals surface area contributed by atoms with E-state index in [1.165, 1.54) is 5.71 Å². The minimum Gasteiger partial charge on any atom is -0.388 e. The lowest BCUT2D eigenvalue weighted by Crippen LogP contribution is -2.36. The van der Waals surface area contributed by atoms with Crippen molar-refractivity contribution in [2.75, 3.05) is 13.6 Å². The molecule has 1 atom stereocenters. The van der Waals surface area contributed by atoms with E-state index in [1.807, 2.05) is 7.05 Å². The van der Waals surface area contributed by atoms with Crippen molar-refractivity contribution in [2.24, 2.45) is 5.16 Å². The molecule has 0 saturated carbocycles. The predicted octanol–water partition coefficient (Wildman–Crippen LogP) is 1.15. The van der Waals surface area contributed by atoms with Crippen LogP contribution in [-0.2, 0) is 4.84 Å². The van der Waals surface area contributed by atoms with Crippen LogP contribution in [0.25, 0.3) is 0 Å². The van der Waals surface area contributed by atoms with E-state index in [9.17, 15) is 0 Å². The van der Waals surface area contributed by atoms with Gasteiger partial charge in [0.05, 0.1) is 5.71 Å². The number of likely N-dealkylation sites (N-methyl/N-ethyl adjacent to an activating group) is 1. The van der Waals surface area contributed by atoms with Gasteiger partial charge in [0.25, 0.3) is 0 Å². The van der Waals surface area contributed by atoms with Crippen LogP contribution in [0.3, 0.4) is 0 Å². The van der Waals surface area contributed by atoms with Gasteiger partial charge in [-0.15, -0.1) is 0 Å². The summed E-state index contributed by atoms with van der Waals surface area (Å²) in [4.78, 5) is 5.31. The largest absolute Gasteiger partial charge is 0.388 e. The molecule has 1 aliphatic heterocycles. The van der Waals surface area contributed by atoms with Gasteiger partial charge in [0.1, 0.15) is 0 Å². The molecule has 1 aliphatic rings. The third kappa shape index (κ3) is 1.93. The van der Waals surface area contributed by atoms with Crippen molar-refractivity contribution in [3.8, 4) is 0 Å². The Balaban J connectivity index is 2.43. The van der Waals surface area contributed by atoms with Gasteiger partial charge in [0, 0.05) is 13.0 Å². The molecule has 0 aromatic heterocycles. The first-order chi connectivity index (χ1) is 5.20. The van der Waals surface area contributed by atoms with Gasteiger partial charge in [0.2, 0.25) is 0 Å². The van der Waals surface area contributed by atoms with Gasteiger partial charge in [-0.2, -0.15) is 0 Å². The van der Waals surface area contributed by atoms with Crippen LogP contribution in [-0.4, -0.2) is 24.9 Å². The molecule has 1 N–H and O–H groups in total. The normalized spacial score (nSPS) is 29.9. The lowest BCUT2D eigenvalue weighted by molar-refractivity contribution is -0.000964. The number of hydrogen-bond donors (Lipinski definition) is 1. The molecule has 11 heavy (non-hydrogen) atoms. The van der Waals surface area contributed by atoms with E-state index >= 15 is 0 Å². The average molecular weight is 156 g/mol. The smallest absolute Gasteiger partial charge is 0.152 e. The van der Waals surface area contributed by atoms with Crippen LogP contribution in [0.4, 0.5) is 0 Å². The van der Waals surface area contributed by atoms with Crippen LogP contribution in [0.5, 0.6) is 0 Å². The van der Waals surface area contributed by atoms with Crippen LogP contribution in [0.15, 0.2) is 5.16 Å². The molecule has 0 aromatic carbocycles. The third-order valence-corrected chi connectivity index (χ3v) is 1.93. The highest BCUT2D eigenvalue weighted by atomic mass is 16.7. The first kappa shape index (κ1) is 8.53. The zero-order valence-corrected chi connectivity index (χ0v) is 7.48. The highest BCUT2D eigenvalue weighted by Gasteiger charge is 2.32. The Morgan fingerprint density at radius 1 is 1.73 bits per heavy atom. The quantitative estimate of drug-likeness (QED) is 0.665. The van der Waals surface area contributed by atoms with Crippen LogP contribution in [0, 0.1) is 0 Å². The van der Waals surface area contributed by atoms with E-state index in [-0.39, 0.29) is 5.60 Å². The van der Waals surface area contributed by atoms with Gasteiger partial charge in [-0.05, 0) is 20.4 Å². The Hall–Kier alpha value is -0.570. The third-order valence-electron chi connectivity index (χ3n) is 1.93. The lowest BCUT2D eigenvalue weighted by Gasteiger charge is -2.20. The molecule has 0 fully saturated rings. The van der Waals surface area contributed by atoms with Gasteiger partial charge in [-0.1, -0.05) is 12.1 Å². The number of nitrogens with zero attached hydrogens (tertiary/aromatic N) is 1. The summed E-state index contributed by atoms with van der Waals surface area (Å²) >= 11 is 0. The molecule has 0 aromatic rings. The standard InChI is InChI=1S/C8H16N2O/c1-4-7-5-8(2,6-9-3)11-10-7/h9H,4-6H2,1-3H3/t8-/m1/s1. The van der Waals surface area contributed by atoms with E-state index in [0.29, 0.717) is 0 Å². The lowest BCUT2D eigenvalue weighted by atomic mass is 9.99. The molecule has 0 radical (unpaired) electrons. The molecule has 0 bridgehead atoms. The number of hydrogen-bond acceptors (Lipinski definition) is 3. The van der Waals surface area contributed by atoms with E-state index in [0.717, 1.165) is 19.4 Å². The Morgan fingerprint density at radius 2 is 2.45 bits per heavy atom. The van der Waals surface area contributed by atoms with Crippen LogP contribution in [0.2, 0.25) is 0 Å². The topological polar surface area (TPSA) is 33.6 Å². The van der Waals surface area contributed by atoms with Crippen molar-refractivity contribution in [1.82, 2.24) is 5.32 Å². The van der Waals surface area contributed by atoms with Crippen LogP contribution in [0.1, 0.15) is 26.7 Å². The number of rotatable bonds is 3. The monoisotopic (exact) mass is 156 g/mol. The fourth-order valence-electron chi connectivity index (χ4n) is 1.33. The SMILES string of the molecule is CCC1=NO[C@@](C)(CNC)C1. The first-order valence-electron chi connectivity index (χ1n) is 4.09. The van der Waals surface area contributed by atoms with Gasteiger partial charge in [-0.3, -0.25) is 0 Å². The van der Waals surface area contributed by atoms with Crippen molar-refractivity contribution < 1.29 is 4.84 Å². The zero-order valence-electron chi connectivity index (χ0n) is 7.48. The van der Waals surface area contributed by atoms with E-state index < -0.39 is 0 Å². The molecule has 0 spiro atoms. The van der Waals surface area contributed by atoms with Crippen molar-refractivity contribution in [3.05, 3.63) is 0 Å². The molecule has 0 unspecified atom stereocenters. The highest BCUT2D eigenvalue weighted by molar-refractivity contribution is 5.85. The predicted molar refractivity (Wildman–Crippen MR) is 45.8 cm³/mol. The van der Waals surface area contributed by atoms with Crippen molar-refractivity contribution in [1.29, 1.82) is 0 Å². The molecule has 0 aliphatic carbocycles. The maximum Gasteiger partial charge on any atom is 0.152 e. The Kier molecular flexibility index (Phi) is 2.49. The van der Waals surface area contributed by atoms with Gasteiger partial charge < -0.3 is 10.2 Å². The Labute approximate surface area is 67.8 Å². The maximum absolute atomic E-state index is 5.31. The summed E-state index contributed by atoms with van der Waals surface area (Å²) in [5.74, 6) is 0. The maximum atomic E-state index is 5.31.